The molecular weight excluding hydrogens is 633 g/mol. The summed E-state index contributed by atoms with van der Waals surface area (Å²) in [7, 11) is 1.29. The van der Waals surface area contributed by atoms with Gasteiger partial charge in [0.25, 0.3) is 0 Å². The summed E-state index contributed by atoms with van der Waals surface area (Å²) in [5.74, 6) is -0.230. The molecule has 2 aromatic carbocycles. The molecule has 2 N–H and O–H groups in total. The van der Waals surface area contributed by atoms with Crippen LogP contribution in [0.5, 0.6) is 0 Å². The summed E-state index contributed by atoms with van der Waals surface area (Å²) in [6, 6.07) is 13.4. The lowest BCUT2D eigenvalue weighted by atomic mass is 9.89. The van der Waals surface area contributed by atoms with Crippen LogP contribution in [0.3, 0.4) is 0 Å². The number of likely N-dealkylation sites (tertiary alicyclic amines) is 1. The molecule has 5 rings (SSSR count). The molecule has 1 aliphatic rings. The number of piperidine rings is 1. The molecule has 1 fully saturated rings. The number of ether oxygens (including phenoxy) is 1. The second-order valence-electron chi connectivity index (χ2n) is 10.7. The number of methoxy groups -OCH3 is 1. The summed E-state index contributed by atoms with van der Waals surface area (Å²) in [5, 5.41) is 26.2. The molecule has 238 valence electrons. The van der Waals surface area contributed by atoms with Crippen molar-refractivity contribution in [2.45, 2.75) is 32.2 Å². The van der Waals surface area contributed by atoms with E-state index in [-0.39, 0.29) is 22.9 Å². The molecule has 1 unspecified atom stereocenters. The minimum Gasteiger partial charge on any atom is -0.453 e. The molecule has 4 aromatic rings. The third-order valence-corrected chi connectivity index (χ3v) is 8.12. The fourth-order valence-electron chi connectivity index (χ4n) is 5.32. The lowest BCUT2D eigenvalue weighted by Gasteiger charge is -2.34. The summed E-state index contributed by atoms with van der Waals surface area (Å²) in [5.41, 5.74) is 3.66. The number of halogens is 2. The maximum absolute atomic E-state index is 13.4. The first-order valence-electron chi connectivity index (χ1n) is 14.5. The van der Waals surface area contributed by atoms with Crippen LogP contribution in [0.1, 0.15) is 43.5 Å². The topological polar surface area (TPSA) is 157 Å². The normalized spacial score (nSPS) is 15.4. The Kier molecular flexibility index (Phi) is 10.6. The number of amides is 3. The highest BCUT2D eigenvalue weighted by atomic mass is 35.5. The monoisotopic (exact) mass is 663 g/mol. The van der Waals surface area contributed by atoms with Crippen LogP contribution in [0.4, 0.5) is 10.5 Å². The number of aromatic nitrogens is 6. The van der Waals surface area contributed by atoms with Crippen molar-refractivity contribution in [2.75, 3.05) is 25.5 Å². The zero-order chi connectivity index (χ0) is 32.6. The molecule has 0 saturated carbocycles. The van der Waals surface area contributed by atoms with Gasteiger partial charge in [-0.2, -0.15) is 9.78 Å². The molecule has 46 heavy (non-hydrogen) atoms. The van der Waals surface area contributed by atoms with Crippen molar-refractivity contribution in [3.8, 4) is 16.8 Å². The molecule has 13 nitrogen and oxygen atoms in total. The number of nitrogens with zero attached hydrogens (tertiary/aromatic N) is 7. The lowest BCUT2D eigenvalue weighted by Crippen LogP contribution is -2.40. The van der Waals surface area contributed by atoms with E-state index in [0.717, 1.165) is 18.4 Å². The molecule has 3 amide bonds. The van der Waals surface area contributed by atoms with Crippen LogP contribution in [-0.2, 0) is 14.3 Å². The molecule has 1 aliphatic heterocycles. The van der Waals surface area contributed by atoms with Gasteiger partial charge in [-0.05, 0) is 83.6 Å². The summed E-state index contributed by atoms with van der Waals surface area (Å²) < 4.78 is 6.12. The molecule has 15 heteroatoms. The minimum absolute atomic E-state index is 0.0202. The van der Waals surface area contributed by atoms with Crippen LogP contribution in [0.15, 0.2) is 60.9 Å². The van der Waals surface area contributed by atoms with Crippen molar-refractivity contribution in [3.05, 3.63) is 82.4 Å². The van der Waals surface area contributed by atoms with Crippen LogP contribution in [-0.4, -0.2) is 73.4 Å². The molecule has 1 saturated heterocycles. The first-order chi connectivity index (χ1) is 22.2. The van der Waals surface area contributed by atoms with Crippen molar-refractivity contribution in [3.63, 3.8) is 0 Å². The van der Waals surface area contributed by atoms with E-state index in [1.165, 1.54) is 24.2 Å². The number of hydrogen-bond acceptors (Lipinski definition) is 9. The van der Waals surface area contributed by atoms with Crippen molar-refractivity contribution < 1.29 is 19.1 Å². The van der Waals surface area contributed by atoms with E-state index in [4.69, 9.17) is 23.2 Å². The maximum Gasteiger partial charge on any atom is 0.411 e. The van der Waals surface area contributed by atoms with Gasteiger partial charge in [0.15, 0.2) is 5.15 Å². The Morgan fingerprint density at radius 1 is 1.11 bits per heavy atom. The van der Waals surface area contributed by atoms with E-state index in [1.807, 2.05) is 4.90 Å². The molecule has 0 radical (unpaired) electrons. The molecule has 2 aromatic heterocycles. The van der Waals surface area contributed by atoms with E-state index < -0.39 is 12.1 Å². The predicted octanol–water partition coefficient (Wildman–Crippen LogP) is 5.12. The van der Waals surface area contributed by atoms with Gasteiger partial charge in [-0.3, -0.25) is 14.9 Å². The van der Waals surface area contributed by atoms with E-state index >= 15 is 0 Å². The van der Waals surface area contributed by atoms with E-state index in [9.17, 15) is 14.4 Å². The van der Waals surface area contributed by atoms with Crippen molar-refractivity contribution in [1.29, 1.82) is 0 Å². The highest BCUT2D eigenvalue weighted by molar-refractivity contribution is 6.32. The van der Waals surface area contributed by atoms with Gasteiger partial charge in [0, 0.05) is 47.9 Å². The van der Waals surface area contributed by atoms with E-state index in [2.05, 4.69) is 41.1 Å². The van der Waals surface area contributed by atoms with Crippen LogP contribution in [0.25, 0.3) is 22.9 Å². The Labute approximate surface area is 274 Å². The number of carbonyl (C=O) groups excluding carboxylic acids is 3. The van der Waals surface area contributed by atoms with Gasteiger partial charge in [-0.15, -0.1) is 10.2 Å². The SMILES string of the molecule is COC(=O)Nc1ccc(-c2cc([C@H](CC3CCCN(C(C)=O)C3)NC(=O)/C=C/c3cc(Cl)ccc3-n3cnnn3)nnc2Cl)cc1. The molecular formula is C31H31Cl2N9O4. The summed E-state index contributed by atoms with van der Waals surface area (Å²) in [4.78, 5) is 38.9. The van der Waals surface area contributed by atoms with Gasteiger partial charge in [0.1, 0.15) is 6.33 Å². The Bertz CT molecular complexity index is 1730. The second-order valence-corrected chi connectivity index (χ2v) is 11.5. The first kappa shape index (κ1) is 32.5. The number of nitrogens with one attached hydrogen (secondary N) is 2. The van der Waals surface area contributed by atoms with Crippen molar-refractivity contribution >= 4 is 52.9 Å². The lowest BCUT2D eigenvalue weighted by molar-refractivity contribution is -0.130. The Balaban J connectivity index is 1.42. The number of hydrogen-bond donors (Lipinski definition) is 2. The van der Waals surface area contributed by atoms with Gasteiger partial charge in [0.2, 0.25) is 11.8 Å². The zero-order valence-corrected chi connectivity index (χ0v) is 26.6. The average Bonchev–Trinajstić information content (AvgIpc) is 3.59. The predicted molar refractivity (Wildman–Crippen MR) is 172 cm³/mol. The van der Waals surface area contributed by atoms with E-state index in [1.54, 1.807) is 61.5 Å². The fourth-order valence-corrected chi connectivity index (χ4v) is 5.70. The van der Waals surface area contributed by atoms with Crippen LogP contribution in [0.2, 0.25) is 10.2 Å². The summed E-state index contributed by atoms with van der Waals surface area (Å²) in [6.45, 7) is 2.85. The van der Waals surface area contributed by atoms with E-state index in [0.29, 0.717) is 52.7 Å². The van der Waals surface area contributed by atoms with Gasteiger partial charge in [-0.1, -0.05) is 35.3 Å². The number of anilines is 1. The van der Waals surface area contributed by atoms with Crippen molar-refractivity contribution in [2.24, 2.45) is 5.92 Å². The highest BCUT2D eigenvalue weighted by Gasteiger charge is 2.27. The maximum atomic E-state index is 13.4. The highest BCUT2D eigenvalue weighted by Crippen LogP contribution is 2.32. The standard InChI is InChI=1S/C31H31Cl2N9O4/c1-19(43)41-13-3-4-20(17-41)14-26(36-29(44)12-7-22-15-23(32)8-11-28(22)42-18-34-39-40-42)27-16-25(30(33)38-37-27)21-5-9-24(10-6-21)35-31(45)46-2/h5-12,15-16,18,20,26H,3-4,13-14,17H2,1-2H3,(H,35,45)(H,36,44)/b12-7+/t20?,26-/m0/s1. The van der Waals surface area contributed by atoms with Crippen LogP contribution < -0.4 is 10.6 Å². The Morgan fingerprint density at radius 2 is 1.91 bits per heavy atom. The molecule has 0 aliphatic carbocycles. The van der Waals surface area contributed by atoms with Gasteiger partial charge in [-0.25, -0.2) is 4.79 Å². The van der Waals surface area contributed by atoms with Gasteiger partial charge in [0.05, 0.1) is 24.5 Å². The molecule has 0 bridgehead atoms. The fraction of sp³-hybridized carbons (Fsp3) is 0.290. The number of rotatable bonds is 9. The minimum atomic E-state index is -0.584. The van der Waals surface area contributed by atoms with Gasteiger partial charge < -0.3 is 15.0 Å². The number of benzene rings is 2. The second kappa shape index (κ2) is 14.9. The third-order valence-electron chi connectivity index (χ3n) is 7.60. The van der Waals surface area contributed by atoms with Crippen molar-refractivity contribution in [1.82, 2.24) is 40.6 Å². The zero-order valence-electron chi connectivity index (χ0n) is 25.1. The first-order valence-corrected chi connectivity index (χ1v) is 15.2. The van der Waals surface area contributed by atoms with Gasteiger partial charge >= 0.3 is 6.09 Å². The number of tetrazole rings is 1. The number of carbonyl (C=O) groups is 3. The summed E-state index contributed by atoms with van der Waals surface area (Å²) in [6.07, 6.45) is 6.19. The Hall–Kier alpha value is -4.88. The quantitative estimate of drug-likeness (QED) is 0.232. The largest absolute Gasteiger partial charge is 0.453 e. The van der Waals surface area contributed by atoms with Crippen LogP contribution >= 0.6 is 23.2 Å². The average molecular weight is 665 g/mol. The molecule has 0 spiro atoms. The van der Waals surface area contributed by atoms with Crippen LogP contribution in [0, 0.1) is 5.92 Å². The molecule has 2 atom stereocenters. The Morgan fingerprint density at radius 3 is 2.63 bits per heavy atom. The molecule has 3 heterocycles. The smallest absolute Gasteiger partial charge is 0.411 e. The third kappa shape index (κ3) is 8.23. The summed E-state index contributed by atoms with van der Waals surface area (Å²) >= 11 is 12.7.